The highest BCUT2D eigenvalue weighted by Gasteiger charge is 2.34. The van der Waals surface area contributed by atoms with Gasteiger partial charge in [0.1, 0.15) is 12.6 Å². The number of hydrogen-bond donors (Lipinski definition) is 1. The smallest absolute Gasteiger partial charge is 0.264 e. The van der Waals surface area contributed by atoms with E-state index in [1.54, 1.807) is 30.3 Å². The summed E-state index contributed by atoms with van der Waals surface area (Å²) in [5, 5.41) is 2.89. The zero-order valence-electron chi connectivity index (χ0n) is 25.2. The Bertz CT molecular complexity index is 1620. The molecule has 43 heavy (non-hydrogen) atoms. The number of rotatable bonds is 12. The summed E-state index contributed by atoms with van der Waals surface area (Å²) in [6.07, 6.45) is 0.277. The summed E-state index contributed by atoms with van der Waals surface area (Å²) < 4.78 is 29.3. The number of carbonyl (C=O) groups excluding carboxylic acids is 2. The third-order valence-corrected chi connectivity index (χ3v) is 8.99. The van der Waals surface area contributed by atoms with Gasteiger partial charge in [0.2, 0.25) is 11.8 Å². The predicted molar refractivity (Wildman–Crippen MR) is 171 cm³/mol. The van der Waals surface area contributed by atoms with Crippen LogP contribution in [-0.4, -0.2) is 44.3 Å². The van der Waals surface area contributed by atoms with E-state index in [9.17, 15) is 18.0 Å². The molecule has 0 aliphatic rings. The van der Waals surface area contributed by atoms with Crippen LogP contribution in [0.3, 0.4) is 0 Å². The fourth-order valence-electron chi connectivity index (χ4n) is 5.08. The lowest BCUT2D eigenvalue weighted by atomic mass is 10.0. The maximum Gasteiger partial charge on any atom is 0.264 e. The number of amides is 2. The quantitative estimate of drug-likeness (QED) is 0.231. The molecule has 0 heterocycles. The molecule has 0 fully saturated rings. The first-order valence-corrected chi connectivity index (χ1v) is 15.8. The molecule has 0 radical (unpaired) electrons. The number of likely N-dealkylation sites (N-methyl/N-ethyl adjacent to an activating group) is 1. The first kappa shape index (κ1) is 31.5. The average molecular weight is 598 g/mol. The van der Waals surface area contributed by atoms with E-state index in [1.807, 2.05) is 88.4 Å². The number of nitrogens with one attached hydrogen (secondary N) is 1. The van der Waals surface area contributed by atoms with Crippen molar-refractivity contribution < 1.29 is 18.0 Å². The Morgan fingerprint density at radius 3 is 1.91 bits per heavy atom. The number of benzene rings is 4. The van der Waals surface area contributed by atoms with Crippen LogP contribution in [0.1, 0.15) is 34.7 Å². The molecule has 8 heteroatoms. The molecule has 0 saturated heterocycles. The van der Waals surface area contributed by atoms with Crippen LogP contribution in [0.25, 0.3) is 0 Å². The number of nitrogens with zero attached hydrogens (tertiary/aromatic N) is 2. The first-order chi connectivity index (χ1) is 20.6. The van der Waals surface area contributed by atoms with Crippen LogP contribution in [-0.2, 0) is 32.6 Å². The molecule has 1 atom stereocenters. The molecule has 4 aromatic carbocycles. The van der Waals surface area contributed by atoms with Gasteiger partial charge in [-0.2, -0.15) is 0 Å². The van der Waals surface area contributed by atoms with Crippen LogP contribution in [0.5, 0.6) is 0 Å². The molecule has 224 valence electrons. The predicted octanol–water partition coefficient (Wildman–Crippen LogP) is 5.58. The minimum atomic E-state index is -4.12. The Morgan fingerprint density at radius 1 is 0.744 bits per heavy atom. The molecule has 0 aliphatic heterocycles. The second kappa shape index (κ2) is 14.2. The van der Waals surface area contributed by atoms with Gasteiger partial charge in [0.15, 0.2) is 0 Å². The van der Waals surface area contributed by atoms with Gasteiger partial charge in [-0.05, 0) is 74.2 Å². The van der Waals surface area contributed by atoms with Gasteiger partial charge in [-0.3, -0.25) is 13.9 Å². The molecule has 1 N–H and O–H groups in total. The molecule has 4 aromatic rings. The molecule has 0 saturated carbocycles. The zero-order valence-corrected chi connectivity index (χ0v) is 26.0. The Labute approximate surface area is 255 Å². The molecule has 1 unspecified atom stereocenters. The van der Waals surface area contributed by atoms with Crippen molar-refractivity contribution in [2.24, 2.45) is 0 Å². The van der Waals surface area contributed by atoms with Crippen LogP contribution < -0.4 is 9.62 Å². The van der Waals surface area contributed by atoms with Crippen molar-refractivity contribution in [3.63, 3.8) is 0 Å². The van der Waals surface area contributed by atoms with Gasteiger partial charge in [-0.25, -0.2) is 8.42 Å². The molecule has 0 spiro atoms. The van der Waals surface area contributed by atoms with E-state index in [0.717, 1.165) is 32.1 Å². The summed E-state index contributed by atoms with van der Waals surface area (Å²) in [4.78, 5) is 29.6. The van der Waals surface area contributed by atoms with Gasteiger partial charge in [0.05, 0.1) is 10.6 Å². The third-order valence-electron chi connectivity index (χ3n) is 7.20. The van der Waals surface area contributed by atoms with Gasteiger partial charge >= 0.3 is 0 Å². The monoisotopic (exact) mass is 597 g/mol. The molecule has 7 nitrogen and oxygen atoms in total. The van der Waals surface area contributed by atoms with E-state index in [0.29, 0.717) is 12.2 Å². The van der Waals surface area contributed by atoms with Crippen molar-refractivity contribution in [1.29, 1.82) is 0 Å². The zero-order chi connectivity index (χ0) is 31.0. The van der Waals surface area contributed by atoms with Crippen molar-refractivity contribution in [2.45, 2.75) is 51.6 Å². The Morgan fingerprint density at radius 2 is 1.33 bits per heavy atom. The van der Waals surface area contributed by atoms with Gasteiger partial charge in [0, 0.05) is 19.5 Å². The maximum atomic E-state index is 14.4. The number of hydrogen-bond acceptors (Lipinski definition) is 4. The molecule has 0 aliphatic carbocycles. The van der Waals surface area contributed by atoms with Crippen LogP contribution in [0.15, 0.2) is 108 Å². The molecule has 0 bridgehead atoms. The Hall–Kier alpha value is -4.43. The third kappa shape index (κ3) is 8.11. The highest BCUT2D eigenvalue weighted by atomic mass is 32.2. The first-order valence-electron chi connectivity index (χ1n) is 14.4. The lowest BCUT2D eigenvalue weighted by Gasteiger charge is -2.34. The van der Waals surface area contributed by atoms with Crippen molar-refractivity contribution in [1.82, 2.24) is 10.2 Å². The van der Waals surface area contributed by atoms with Crippen molar-refractivity contribution >= 4 is 27.5 Å². The Balaban J connectivity index is 1.81. The second-order valence-electron chi connectivity index (χ2n) is 10.8. The lowest BCUT2D eigenvalue weighted by molar-refractivity contribution is -0.140. The minimum Gasteiger partial charge on any atom is -0.355 e. The lowest BCUT2D eigenvalue weighted by Crippen LogP contribution is -2.53. The maximum absolute atomic E-state index is 14.4. The SMILES string of the molecule is CCNC(=O)C(Cc1ccccc1)N(Cc1ccc(C)cc1)C(=O)CN(c1cc(C)cc(C)c1)S(=O)(=O)c1ccccc1. The van der Waals surface area contributed by atoms with Gasteiger partial charge < -0.3 is 10.2 Å². The molecular weight excluding hydrogens is 558 g/mol. The highest BCUT2D eigenvalue weighted by Crippen LogP contribution is 2.27. The summed E-state index contributed by atoms with van der Waals surface area (Å²) in [6, 6.07) is 30.0. The standard InChI is InChI=1S/C35H39N3O4S/c1-5-36-35(40)33(23-29-12-8-6-9-13-29)37(24-30-18-16-26(2)17-19-30)34(39)25-38(31-21-27(3)20-28(4)22-31)43(41,42)32-14-10-7-11-15-32/h6-22,33H,5,23-25H2,1-4H3,(H,36,40). The van der Waals surface area contributed by atoms with E-state index in [1.165, 1.54) is 17.0 Å². The molecule has 2 amide bonds. The summed E-state index contributed by atoms with van der Waals surface area (Å²) in [7, 11) is -4.12. The summed E-state index contributed by atoms with van der Waals surface area (Å²) in [5.74, 6) is -0.776. The number of aryl methyl sites for hydroxylation is 3. The fraction of sp³-hybridized carbons (Fsp3) is 0.257. The summed E-state index contributed by atoms with van der Waals surface area (Å²) >= 11 is 0. The van der Waals surface area contributed by atoms with Crippen LogP contribution in [0.4, 0.5) is 5.69 Å². The average Bonchev–Trinajstić information content (AvgIpc) is 2.99. The molecule has 4 rings (SSSR count). The summed E-state index contributed by atoms with van der Waals surface area (Å²) in [6.45, 7) is 7.65. The van der Waals surface area contributed by atoms with E-state index in [-0.39, 0.29) is 23.8 Å². The molecular formula is C35H39N3O4S. The molecule has 0 aromatic heterocycles. The van der Waals surface area contributed by atoms with Crippen LogP contribution in [0, 0.1) is 20.8 Å². The van der Waals surface area contributed by atoms with E-state index >= 15 is 0 Å². The van der Waals surface area contributed by atoms with Crippen molar-refractivity contribution in [3.8, 4) is 0 Å². The number of anilines is 1. The minimum absolute atomic E-state index is 0.0802. The van der Waals surface area contributed by atoms with Crippen LogP contribution >= 0.6 is 0 Å². The highest BCUT2D eigenvalue weighted by molar-refractivity contribution is 7.92. The van der Waals surface area contributed by atoms with Gasteiger partial charge in [-0.15, -0.1) is 0 Å². The number of carbonyl (C=O) groups is 2. The van der Waals surface area contributed by atoms with Gasteiger partial charge in [0.25, 0.3) is 10.0 Å². The van der Waals surface area contributed by atoms with E-state index in [2.05, 4.69) is 5.32 Å². The van der Waals surface area contributed by atoms with Crippen molar-refractivity contribution in [2.75, 3.05) is 17.4 Å². The van der Waals surface area contributed by atoms with Gasteiger partial charge in [-0.1, -0.05) is 84.4 Å². The fourth-order valence-corrected chi connectivity index (χ4v) is 6.50. The number of sulfonamides is 1. The summed E-state index contributed by atoms with van der Waals surface area (Å²) in [5.41, 5.74) is 4.94. The normalized spacial score (nSPS) is 11.9. The second-order valence-corrected chi connectivity index (χ2v) is 12.6. The largest absolute Gasteiger partial charge is 0.355 e. The van der Waals surface area contributed by atoms with Crippen LogP contribution in [0.2, 0.25) is 0 Å². The topological polar surface area (TPSA) is 86.8 Å². The Kier molecular flexibility index (Phi) is 10.4. The van der Waals surface area contributed by atoms with E-state index in [4.69, 9.17) is 0 Å². The van der Waals surface area contributed by atoms with E-state index < -0.39 is 28.5 Å². The van der Waals surface area contributed by atoms with Crippen molar-refractivity contribution in [3.05, 3.63) is 131 Å².